The molecule has 0 saturated heterocycles. The minimum Gasteiger partial charge on any atom is -0.399 e. The topological polar surface area (TPSA) is 75.3 Å². The number of carbonyl (C=O) groups is 1. The average Bonchev–Trinajstić information content (AvgIpc) is 2.23. The Morgan fingerprint density at radius 3 is 2.93 bits per heavy atom. The van der Waals surface area contributed by atoms with Gasteiger partial charge in [-0.15, -0.1) is 0 Å². The van der Waals surface area contributed by atoms with Crippen molar-refractivity contribution in [1.29, 1.82) is 0 Å². The van der Waals surface area contributed by atoms with E-state index in [9.17, 15) is 4.79 Å². The molecular weight excluding hydrogens is 192 g/mol. The lowest BCUT2D eigenvalue weighted by molar-refractivity contribution is -0.121. The summed E-state index contributed by atoms with van der Waals surface area (Å²) in [5, 5.41) is 11.3. The summed E-state index contributed by atoms with van der Waals surface area (Å²) in [4.78, 5) is 11.2. The lowest BCUT2D eigenvalue weighted by Crippen LogP contribution is -2.22. The molecule has 1 amide bonds. The van der Waals surface area contributed by atoms with E-state index in [4.69, 9.17) is 10.8 Å². The third-order valence-corrected chi connectivity index (χ3v) is 2.00. The molecule has 0 unspecified atom stereocenters. The van der Waals surface area contributed by atoms with E-state index in [1.165, 1.54) is 0 Å². The molecule has 0 atom stereocenters. The van der Waals surface area contributed by atoms with Gasteiger partial charge in [-0.1, -0.05) is 12.1 Å². The zero-order valence-corrected chi connectivity index (χ0v) is 8.57. The van der Waals surface area contributed by atoms with Gasteiger partial charge in [-0.05, 0) is 24.1 Å². The number of nitrogen functional groups attached to an aromatic ring is 1. The van der Waals surface area contributed by atoms with Crippen molar-refractivity contribution in [3.05, 3.63) is 29.8 Å². The van der Waals surface area contributed by atoms with Crippen LogP contribution in [0.5, 0.6) is 0 Å². The van der Waals surface area contributed by atoms with Crippen LogP contribution in [0.3, 0.4) is 0 Å². The number of hydrogen-bond acceptors (Lipinski definition) is 3. The van der Waals surface area contributed by atoms with Crippen LogP contribution in [0.25, 0.3) is 0 Å². The van der Waals surface area contributed by atoms with Crippen LogP contribution in [0.1, 0.15) is 18.4 Å². The van der Waals surface area contributed by atoms with Crippen molar-refractivity contribution >= 4 is 11.6 Å². The Balaban J connectivity index is 2.33. The smallest absolute Gasteiger partial charge is 0.220 e. The Bertz CT molecular complexity index is 326. The van der Waals surface area contributed by atoms with Crippen molar-refractivity contribution in [2.45, 2.75) is 19.4 Å². The molecule has 0 spiro atoms. The molecule has 0 aliphatic heterocycles. The van der Waals surface area contributed by atoms with Crippen LogP contribution in [0.4, 0.5) is 5.69 Å². The van der Waals surface area contributed by atoms with E-state index >= 15 is 0 Å². The Morgan fingerprint density at radius 1 is 1.47 bits per heavy atom. The lowest BCUT2D eigenvalue weighted by Gasteiger charge is -2.05. The second-order valence-corrected chi connectivity index (χ2v) is 3.35. The van der Waals surface area contributed by atoms with Crippen molar-refractivity contribution in [2.24, 2.45) is 0 Å². The minimum atomic E-state index is -0.0496. The van der Waals surface area contributed by atoms with E-state index < -0.39 is 0 Å². The van der Waals surface area contributed by atoms with Gasteiger partial charge in [0.15, 0.2) is 0 Å². The number of benzene rings is 1. The average molecular weight is 208 g/mol. The molecule has 82 valence electrons. The van der Waals surface area contributed by atoms with Crippen molar-refractivity contribution < 1.29 is 9.90 Å². The van der Waals surface area contributed by atoms with Gasteiger partial charge in [0.1, 0.15) is 0 Å². The number of amides is 1. The zero-order valence-electron chi connectivity index (χ0n) is 8.57. The van der Waals surface area contributed by atoms with Gasteiger partial charge in [-0.3, -0.25) is 4.79 Å². The standard InChI is InChI=1S/C11H16N2O2/c12-10-4-1-3-9(7-10)8-13-11(15)5-2-6-14/h1,3-4,7,14H,2,5-6,8,12H2,(H,13,15). The summed E-state index contributed by atoms with van der Waals surface area (Å²) < 4.78 is 0. The van der Waals surface area contributed by atoms with Gasteiger partial charge in [0.2, 0.25) is 5.91 Å². The number of aliphatic hydroxyl groups is 1. The first-order valence-electron chi connectivity index (χ1n) is 4.94. The van der Waals surface area contributed by atoms with Crippen LogP contribution in [-0.4, -0.2) is 17.6 Å². The summed E-state index contributed by atoms with van der Waals surface area (Å²) in [6, 6.07) is 7.39. The van der Waals surface area contributed by atoms with Crippen LogP contribution < -0.4 is 11.1 Å². The molecule has 4 heteroatoms. The molecule has 0 aliphatic carbocycles. The van der Waals surface area contributed by atoms with Crippen LogP contribution in [0.2, 0.25) is 0 Å². The highest BCUT2D eigenvalue weighted by Crippen LogP contribution is 2.05. The number of rotatable bonds is 5. The Hall–Kier alpha value is -1.55. The molecule has 0 aliphatic rings. The predicted octanol–water partition coefficient (Wildman–Crippen LogP) is 0.657. The molecular formula is C11H16N2O2. The maximum atomic E-state index is 11.2. The molecule has 0 aromatic heterocycles. The fourth-order valence-electron chi connectivity index (χ4n) is 1.23. The van der Waals surface area contributed by atoms with Gasteiger partial charge < -0.3 is 16.2 Å². The number of aliphatic hydroxyl groups excluding tert-OH is 1. The number of nitrogens with one attached hydrogen (secondary N) is 1. The summed E-state index contributed by atoms with van der Waals surface area (Å²) in [6.45, 7) is 0.529. The van der Waals surface area contributed by atoms with Gasteiger partial charge in [-0.2, -0.15) is 0 Å². The quantitative estimate of drug-likeness (QED) is 0.622. The number of anilines is 1. The van der Waals surface area contributed by atoms with Crippen molar-refractivity contribution in [3.63, 3.8) is 0 Å². The summed E-state index contributed by atoms with van der Waals surface area (Å²) in [7, 11) is 0. The third kappa shape index (κ3) is 4.46. The molecule has 4 nitrogen and oxygen atoms in total. The second-order valence-electron chi connectivity index (χ2n) is 3.35. The molecule has 0 radical (unpaired) electrons. The molecule has 0 saturated carbocycles. The van der Waals surface area contributed by atoms with Crippen molar-refractivity contribution in [3.8, 4) is 0 Å². The Kier molecular flexibility index (Phi) is 4.63. The van der Waals surface area contributed by atoms with E-state index in [2.05, 4.69) is 5.32 Å². The van der Waals surface area contributed by atoms with Gasteiger partial charge in [0.25, 0.3) is 0 Å². The van der Waals surface area contributed by atoms with Gasteiger partial charge in [0, 0.05) is 25.3 Å². The normalized spacial score (nSPS) is 9.93. The SMILES string of the molecule is Nc1cccc(CNC(=O)CCCO)c1. The van der Waals surface area contributed by atoms with Crippen LogP contribution in [-0.2, 0) is 11.3 Å². The van der Waals surface area contributed by atoms with E-state index in [0.29, 0.717) is 25.1 Å². The number of nitrogens with two attached hydrogens (primary N) is 1. The minimum absolute atomic E-state index is 0.0473. The molecule has 0 fully saturated rings. The molecule has 0 bridgehead atoms. The van der Waals surface area contributed by atoms with E-state index in [-0.39, 0.29) is 12.5 Å². The first-order valence-corrected chi connectivity index (χ1v) is 4.94. The fraction of sp³-hybridized carbons (Fsp3) is 0.364. The van der Waals surface area contributed by atoms with Gasteiger partial charge >= 0.3 is 0 Å². The molecule has 1 aromatic carbocycles. The van der Waals surface area contributed by atoms with E-state index in [1.807, 2.05) is 18.2 Å². The molecule has 0 heterocycles. The monoisotopic (exact) mass is 208 g/mol. The third-order valence-electron chi connectivity index (χ3n) is 2.00. The van der Waals surface area contributed by atoms with E-state index in [1.54, 1.807) is 6.07 Å². The van der Waals surface area contributed by atoms with Crippen molar-refractivity contribution in [2.75, 3.05) is 12.3 Å². The Morgan fingerprint density at radius 2 is 2.27 bits per heavy atom. The van der Waals surface area contributed by atoms with Crippen LogP contribution >= 0.6 is 0 Å². The fourth-order valence-corrected chi connectivity index (χ4v) is 1.23. The van der Waals surface area contributed by atoms with E-state index in [0.717, 1.165) is 5.56 Å². The van der Waals surface area contributed by atoms with Crippen LogP contribution in [0, 0.1) is 0 Å². The molecule has 4 N–H and O–H groups in total. The predicted molar refractivity (Wildman–Crippen MR) is 59.0 cm³/mol. The number of carbonyl (C=O) groups excluding carboxylic acids is 1. The summed E-state index contributed by atoms with van der Waals surface area (Å²) in [6.07, 6.45) is 0.863. The summed E-state index contributed by atoms with van der Waals surface area (Å²) in [5.41, 5.74) is 7.27. The Labute approximate surface area is 89.1 Å². The maximum absolute atomic E-state index is 11.2. The van der Waals surface area contributed by atoms with Gasteiger partial charge in [0.05, 0.1) is 0 Å². The highest BCUT2D eigenvalue weighted by molar-refractivity contribution is 5.75. The highest BCUT2D eigenvalue weighted by atomic mass is 16.3. The molecule has 1 aromatic rings. The van der Waals surface area contributed by atoms with Crippen molar-refractivity contribution in [1.82, 2.24) is 5.32 Å². The summed E-state index contributed by atoms with van der Waals surface area (Å²) in [5.74, 6) is -0.0496. The first kappa shape index (κ1) is 11.5. The lowest BCUT2D eigenvalue weighted by atomic mass is 10.2. The highest BCUT2D eigenvalue weighted by Gasteiger charge is 2.00. The zero-order chi connectivity index (χ0) is 11.1. The largest absolute Gasteiger partial charge is 0.399 e. The van der Waals surface area contributed by atoms with Crippen LogP contribution in [0.15, 0.2) is 24.3 Å². The summed E-state index contributed by atoms with van der Waals surface area (Å²) >= 11 is 0. The maximum Gasteiger partial charge on any atom is 0.220 e. The molecule has 15 heavy (non-hydrogen) atoms. The molecule has 1 rings (SSSR count). The second kappa shape index (κ2) is 6.03. The number of hydrogen-bond donors (Lipinski definition) is 3. The van der Waals surface area contributed by atoms with Gasteiger partial charge in [-0.25, -0.2) is 0 Å². The first-order chi connectivity index (χ1) is 7.22.